The number of hydrogen-bond donors (Lipinski definition) is 0. The van der Waals surface area contributed by atoms with Crippen LogP contribution < -0.4 is 0 Å². The van der Waals surface area contributed by atoms with Gasteiger partial charge in [0, 0.05) is 6.20 Å². The molecule has 0 aliphatic carbocycles. The average molecular weight is 233 g/mol. The van der Waals surface area contributed by atoms with E-state index in [0.717, 1.165) is 12.3 Å². The molecule has 0 aromatic carbocycles. The van der Waals surface area contributed by atoms with E-state index >= 15 is 0 Å². The molecule has 0 unspecified atom stereocenters. The van der Waals surface area contributed by atoms with E-state index in [1.807, 2.05) is 0 Å². The summed E-state index contributed by atoms with van der Waals surface area (Å²) in [7, 11) is 0. The first kappa shape index (κ1) is 10.2. The molecule has 0 aliphatic rings. The largest absolute Gasteiger partial charge is 0.417 e. The Morgan fingerprint density at radius 1 is 1.13 bits per heavy atom. The quantitative estimate of drug-likeness (QED) is 0.652. The van der Waals surface area contributed by atoms with Crippen molar-refractivity contribution in [2.45, 2.75) is 6.18 Å². The molecule has 15 heavy (non-hydrogen) atoms. The van der Waals surface area contributed by atoms with E-state index in [9.17, 15) is 13.2 Å². The Kier molecular flexibility index (Phi) is 2.26. The van der Waals surface area contributed by atoms with Crippen LogP contribution in [0.2, 0.25) is 5.15 Å². The van der Waals surface area contributed by atoms with Crippen LogP contribution in [-0.4, -0.2) is 9.97 Å². The number of halogens is 4. The van der Waals surface area contributed by atoms with Crippen molar-refractivity contribution in [2.24, 2.45) is 0 Å². The van der Waals surface area contributed by atoms with Gasteiger partial charge in [-0.25, -0.2) is 4.98 Å². The molecule has 2 aromatic heterocycles. The van der Waals surface area contributed by atoms with Gasteiger partial charge in [0.15, 0.2) is 0 Å². The first-order valence-electron chi connectivity index (χ1n) is 3.96. The maximum Gasteiger partial charge on any atom is 0.417 e. The van der Waals surface area contributed by atoms with Gasteiger partial charge in [-0.3, -0.25) is 4.98 Å². The molecule has 0 saturated heterocycles. The third-order valence-electron chi connectivity index (χ3n) is 1.83. The molecule has 2 aromatic rings. The minimum absolute atomic E-state index is 0.136. The lowest BCUT2D eigenvalue weighted by molar-refractivity contribution is -0.137. The van der Waals surface area contributed by atoms with Crippen molar-refractivity contribution in [3.63, 3.8) is 0 Å². The van der Waals surface area contributed by atoms with E-state index in [1.165, 1.54) is 12.1 Å². The molecule has 0 saturated carbocycles. The summed E-state index contributed by atoms with van der Waals surface area (Å²) >= 11 is 5.57. The van der Waals surface area contributed by atoms with E-state index in [2.05, 4.69) is 9.97 Å². The molecule has 0 fully saturated rings. The second kappa shape index (κ2) is 3.34. The predicted octanol–water partition coefficient (Wildman–Crippen LogP) is 3.30. The lowest BCUT2D eigenvalue weighted by atomic mass is 10.2. The zero-order valence-electron chi connectivity index (χ0n) is 7.22. The van der Waals surface area contributed by atoms with Crippen LogP contribution in [0.1, 0.15) is 5.56 Å². The molecule has 6 heteroatoms. The highest BCUT2D eigenvalue weighted by Crippen LogP contribution is 2.30. The highest BCUT2D eigenvalue weighted by molar-refractivity contribution is 6.29. The summed E-state index contributed by atoms with van der Waals surface area (Å²) < 4.78 is 36.9. The van der Waals surface area contributed by atoms with Gasteiger partial charge in [0.05, 0.1) is 16.6 Å². The van der Waals surface area contributed by atoms with Gasteiger partial charge in [-0.05, 0) is 18.2 Å². The van der Waals surface area contributed by atoms with Crippen LogP contribution in [0.5, 0.6) is 0 Å². The summed E-state index contributed by atoms with van der Waals surface area (Å²) in [6, 6.07) is 3.92. The third kappa shape index (κ3) is 2.02. The number of pyridine rings is 2. The fraction of sp³-hybridized carbons (Fsp3) is 0.111. The Bertz CT molecular complexity index is 510. The van der Waals surface area contributed by atoms with Crippen molar-refractivity contribution in [2.75, 3.05) is 0 Å². The number of hydrogen-bond acceptors (Lipinski definition) is 2. The molecule has 0 amide bonds. The Hall–Kier alpha value is -1.36. The van der Waals surface area contributed by atoms with Gasteiger partial charge in [-0.1, -0.05) is 11.6 Å². The maximum atomic E-state index is 12.3. The Labute approximate surface area is 87.7 Å². The minimum atomic E-state index is -4.41. The van der Waals surface area contributed by atoms with Crippen LogP contribution in [0.4, 0.5) is 13.2 Å². The molecule has 2 nitrogen and oxygen atoms in total. The molecule has 0 spiro atoms. The van der Waals surface area contributed by atoms with Crippen LogP contribution in [-0.2, 0) is 6.18 Å². The Balaban J connectivity index is 2.64. The second-order valence-corrected chi connectivity index (χ2v) is 3.28. The van der Waals surface area contributed by atoms with Crippen LogP contribution in [0.15, 0.2) is 24.4 Å². The van der Waals surface area contributed by atoms with Crippen molar-refractivity contribution in [1.82, 2.24) is 9.97 Å². The van der Waals surface area contributed by atoms with E-state index in [4.69, 9.17) is 11.6 Å². The second-order valence-electron chi connectivity index (χ2n) is 2.89. The summed E-state index contributed by atoms with van der Waals surface area (Å²) in [6.45, 7) is 0. The smallest absolute Gasteiger partial charge is 0.254 e. The van der Waals surface area contributed by atoms with Crippen molar-refractivity contribution in [1.29, 1.82) is 0 Å². The Morgan fingerprint density at radius 3 is 2.53 bits per heavy atom. The van der Waals surface area contributed by atoms with E-state index < -0.39 is 11.7 Å². The number of rotatable bonds is 0. The van der Waals surface area contributed by atoms with Gasteiger partial charge >= 0.3 is 6.18 Å². The first-order valence-corrected chi connectivity index (χ1v) is 4.34. The molecule has 0 aliphatic heterocycles. The zero-order chi connectivity index (χ0) is 11.1. The van der Waals surface area contributed by atoms with Crippen LogP contribution in [0, 0.1) is 0 Å². The predicted molar refractivity (Wildman–Crippen MR) is 49.6 cm³/mol. The molecule has 0 N–H and O–H groups in total. The van der Waals surface area contributed by atoms with Gasteiger partial charge in [0.2, 0.25) is 0 Å². The molecule has 78 valence electrons. The van der Waals surface area contributed by atoms with E-state index in [-0.39, 0.29) is 10.7 Å². The van der Waals surface area contributed by atoms with Gasteiger partial charge in [0.25, 0.3) is 0 Å². The van der Waals surface area contributed by atoms with Crippen molar-refractivity contribution >= 4 is 22.6 Å². The van der Waals surface area contributed by atoms with E-state index in [0.29, 0.717) is 5.52 Å². The monoisotopic (exact) mass is 232 g/mol. The van der Waals surface area contributed by atoms with Gasteiger partial charge in [-0.15, -0.1) is 0 Å². The molecular weight excluding hydrogens is 229 g/mol. The highest BCUT2D eigenvalue weighted by atomic mass is 35.5. The normalized spacial score (nSPS) is 12.0. The summed E-state index contributed by atoms with van der Waals surface area (Å²) in [5.74, 6) is 0. The van der Waals surface area contributed by atoms with Crippen LogP contribution in [0.3, 0.4) is 0 Å². The van der Waals surface area contributed by atoms with Crippen molar-refractivity contribution < 1.29 is 13.2 Å². The standard InChI is InChI=1S/C9H4ClF3N2/c10-8-2-1-6-7(15-8)3-5(4-14-6)9(11,12)13/h1-4H. The summed E-state index contributed by atoms with van der Waals surface area (Å²) in [6.07, 6.45) is -3.64. The maximum absolute atomic E-state index is 12.3. The SMILES string of the molecule is FC(F)(F)c1cnc2ccc(Cl)nc2c1. The topological polar surface area (TPSA) is 25.8 Å². The molecule has 0 radical (unpaired) electrons. The fourth-order valence-electron chi connectivity index (χ4n) is 1.14. The first-order chi connectivity index (χ1) is 6.97. The highest BCUT2D eigenvalue weighted by Gasteiger charge is 2.31. The van der Waals surface area contributed by atoms with Crippen molar-refractivity contribution in [3.05, 3.63) is 35.1 Å². The lowest BCUT2D eigenvalue weighted by Gasteiger charge is -2.06. The average Bonchev–Trinajstić information content (AvgIpc) is 2.15. The van der Waals surface area contributed by atoms with Crippen LogP contribution >= 0.6 is 11.6 Å². The number of aromatic nitrogens is 2. The number of alkyl halides is 3. The molecule has 2 heterocycles. The molecule has 0 bridgehead atoms. The molecule has 0 atom stereocenters. The lowest BCUT2D eigenvalue weighted by Crippen LogP contribution is -2.05. The van der Waals surface area contributed by atoms with Crippen molar-refractivity contribution in [3.8, 4) is 0 Å². The number of nitrogens with zero attached hydrogens (tertiary/aromatic N) is 2. The van der Waals surface area contributed by atoms with Gasteiger partial charge in [0.1, 0.15) is 5.15 Å². The number of fused-ring (bicyclic) bond motifs is 1. The summed E-state index contributed by atoms with van der Waals surface area (Å²) in [5.41, 5.74) is -0.311. The van der Waals surface area contributed by atoms with Gasteiger partial charge < -0.3 is 0 Å². The minimum Gasteiger partial charge on any atom is -0.254 e. The van der Waals surface area contributed by atoms with E-state index in [1.54, 1.807) is 0 Å². The third-order valence-corrected chi connectivity index (χ3v) is 2.04. The molecule has 2 rings (SSSR count). The van der Waals surface area contributed by atoms with Gasteiger partial charge in [-0.2, -0.15) is 13.2 Å². The van der Waals surface area contributed by atoms with Crippen LogP contribution in [0.25, 0.3) is 11.0 Å². The zero-order valence-corrected chi connectivity index (χ0v) is 7.97. The molecular formula is C9H4ClF3N2. The Morgan fingerprint density at radius 2 is 1.87 bits per heavy atom. The summed E-state index contributed by atoms with van der Waals surface area (Å²) in [5, 5.41) is 0.142. The fourth-order valence-corrected chi connectivity index (χ4v) is 1.29. The summed E-state index contributed by atoms with van der Waals surface area (Å²) in [4.78, 5) is 7.40.